The van der Waals surface area contributed by atoms with E-state index in [2.05, 4.69) is 114 Å². The van der Waals surface area contributed by atoms with Crippen LogP contribution in [0.2, 0.25) is 0 Å². The minimum atomic E-state index is -1.09. The van der Waals surface area contributed by atoms with E-state index >= 15 is 0 Å². The van der Waals surface area contributed by atoms with E-state index in [1.165, 1.54) is 25.7 Å². The molecule has 5 heterocycles. The van der Waals surface area contributed by atoms with Crippen molar-refractivity contribution >= 4 is 107 Å². The predicted octanol–water partition coefficient (Wildman–Crippen LogP) is 14.8. The van der Waals surface area contributed by atoms with Crippen LogP contribution in [-0.4, -0.2) is 45.1 Å². The molecule has 328 valence electrons. The lowest BCUT2D eigenvalue weighted by Crippen LogP contribution is -2.01. The first-order valence-electron chi connectivity index (χ1n) is 22.0. The topological polar surface area (TPSA) is 158 Å². The van der Waals surface area contributed by atoms with Gasteiger partial charge in [0.15, 0.2) is 29.0 Å². The Kier molecular flexibility index (Phi) is 8.25. The lowest BCUT2D eigenvalue weighted by molar-refractivity contribution is 0.329. The molecule has 0 atom stereocenters. The number of aromatic nitrogens is 4. The molecule has 0 unspecified atom stereocenters. The quantitative estimate of drug-likeness (QED) is 0.0837. The van der Waals surface area contributed by atoms with Gasteiger partial charge in [-0.2, -0.15) is 0 Å². The van der Waals surface area contributed by atoms with Gasteiger partial charge in [0.2, 0.25) is 17.2 Å². The van der Waals surface area contributed by atoms with Gasteiger partial charge in [0.1, 0.15) is 16.7 Å². The Morgan fingerprint density at radius 2 is 1.00 bits per heavy atom. The number of hydrogen-bond donors (Lipinski definition) is 5. The van der Waals surface area contributed by atoms with Crippen LogP contribution < -0.4 is 0 Å². The number of furan rings is 1. The van der Waals surface area contributed by atoms with Crippen LogP contribution in [0.15, 0.2) is 168 Å². The number of nitrogens with zero attached hydrogens (tertiary/aromatic N) is 4. The number of benzene rings is 9. The highest BCUT2D eigenvalue weighted by atomic mass is 32.1. The molecule has 0 aliphatic heterocycles. The fourth-order valence-corrected chi connectivity index (χ4v) is 12.5. The van der Waals surface area contributed by atoms with Crippen LogP contribution in [-0.2, 0) is 0 Å². The minimum absolute atomic E-state index is 0.161. The first kappa shape index (κ1) is 39.2. The Balaban J connectivity index is 0.974. The Hall–Kier alpha value is -8.97. The summed E-state index contributed by atoms with van der Waals surface area (Å²) in [5, 5.41) is 62.5. The second kappa shape index (κ2) is 14.5. The molecule has 0 saturated heterocycles. The molecule has 10 nitrogen and oxygen atoms in total. The van der Waals surface area contributed by atoms with Crippen LogP contribution >= 0.6 is 22.7 Å². The van der Waals surface area contributed by atoms with E-state index in [0.29, 0.717) is 22.3 Å². The van der Waals surface area contributed by atoms with Gasteiger partial charge in [0.05, 0.1) is 21.4 Å². The largest absolute Gasteiger partial charge is 0.504 e. The van der Waals surface area contributed by atoms with Gasteiger partial charge in [-0.25, -0.2) is 15.0 Å². The predicted molar refractivity (Wildman–Crippen MR) is 277 cm³/mol. The van der Waals surface area contributed by atoms with Gasteiger partial charge in [-0.3, -0.25) is 0 Å². The zero-order valence-corrected chi connectivity index (χ0v) is 37.5. The van der Waals surface area contributed by atoms with Gasteiger partial charge >= 0.3 is 0 Å². The summed E-state index contributed by atoms with van der Waals surface area (Å²) in [6, 6.07) is 56.0. The van der Waals surface area contributed by atoms with E-state index in [9.17, 15) is 25.5 Å². The van der Waals surface area contributed by atoms with Gasteiger partial charge in [0, 0.05) is 68.3 Å². The number of phenols is 5. The molecule has 0 aliphatic carbocycles. The van der Waals surface area contributed by atoms with Gasteiger partial charge < -0.3 is 34.5 Å². The molecular weight excluding hydrogens is 901 g/mol. The van der Waals surface area contributed by atoms with Crippen LogP contribution in [0, 0.1) is 0 Å². The maximum absolute atomic E-state index is 11.2. The normalized spacial score (nSPS) is 12.1. The molecule has 0 saturated carbocycles. The molecule has 0 amide bonds. The number of aromatic hydroxyl groups is 5. The summed E-state index contributed by atoms with van der Waals surface area (Å²) in [6.07, 6.45) is 0. The zero-order chi connectivity index (χ0) is 46.2. The smallest absolute Gasteiger partial charge is 0.208 e. The van der Waals surface area contributed by atoms with Crippen molar-refractivity contribution in [2.45, 2.75) is 0 Å². The van der Waals surface area contributed by atoms with E-state index in [4.69, 9.17) is 19.4 Å². The fourth-order valence-electron chi connectivity index (χ4n) is 10.1. The second-order valence-corrected chi connectivity index (χ2v) is 19.1. The van der Waals surface area contributed by atoms with E-state index in [1.807, 2.05) is 65.9 Å². The van der Waals surface area contributed by atoms with Crippen LogP contribution in [0.1, 0.15) is 0 Å². The molecule has 14 rings (SSSR count). The number of para-hydroxylation sites is 2. The average Bonchev–Trinajstić information content (AvgIpc) is 4.16. The molecular formula is C57H32N4O6S2. The summed E-state index contributed by atoms with van der Waals surface area (Å²) in [5.74, 6) is -4.91. The number of fused-ring (bicyclic) bond motifs is 12. The van der Waals surface area contributed by atoms with Crippen molar-refractivity contribution < 1.29 is 29.9 Å². The van der Waals surface area contributed by atoms with Crippen molar-refractivity contribution in [3.05, 3.63) is 164 Å². The van der Waals surface area contributed by atoms with Crippen molar-refractivity contribution in [2.75, 3.05) is 0 Å². The fraction of sp³-hybridized carbons (Fsp3) is 0. The highest BCUT2D eigenvalue weighted by molar-refractivity contribution is 7.26. The lowest BCUT2D eigenvalue weighted by Gasteiger charge is -2.14. The van der Waals surface area contributed by atoms with Crippen LogP contribution in [0.4, 0.5) is 0 Å². The van der Waals surface area contributed by atoms with Gasteiger partial charge in [0.25, 0.3) is 0 Å². The standard InChI is InChI=1S/C57H32N4O6S2/c62-48-47(49(63)51(65)52(66)50(48)64)57-59-55(29-22-24-33-32-11-2-5-19-42(32)67-43(33)27-29)58-56(60-57)37-16-9-21-45-46(37)36-15-8-18-41(54(36)69-45)61-39-17-4-1-10-31(39)38-26-28(23-25-40(38)61)30-13-7-14-35-34-12-3-6-20-44(34)68-53(30)35/h1-27,62-66H. The number of rotatable bonds is 5. The maximum Gasteiger partial charge on any atom is 0.208 e. The van der Waals surface area contributed by atoms with Crippen molar-refractivity contribution in [1.29, 1.82) is 0 Å². The highest BCUT2D eigenvalue weighted by Crippen LogP contribution is 2.55. The van der Waals surface area contributed by atoms with E-state index in [-0.39, 0.29) is 17.5 Å². The van der Waals surface area contributed by atoms with Gasteiger partial charge in [-0.1, -0.05) is 109 Å². The summed E-state index contributed by atoms with van der Waals surface area (Å²) >= 11 is 3.48. The maximum atomic E-state index is 11.2. The Labute approximate surface area is 397 Å². The molecule has 0 bridgehead atoms. The van der Waals surface area contributed by atoms with Gasteiger partial charge in [-0.05, 0) is 65.7 Å². The molecule has 0 radical (unpaired) electrons. The molecule has 69 heavy (non-hydrogen) atoms. The summed E-state index contributed by atoms with van der Waals surface area (Å²) in [6.45, 7) is 0. The molecule has 9 aromatic carbocycles. The molecule has 5 aromatic heterocycles. The average molecular weight is 933 g/mol. The molecule has 14 aromatic rings. The number of thiophene rings is 2. The summed E-state index contributed by atoms with van der Waals surface area (Å²) < 4.78 is 13.1. The minimum Gasteiger partial charge on any atom is -0.504 e. The Morgan fingerprint density at radius 1 is 0.391 bits per heavy atom. The SMILES string of the molecule is Oc1c(O)c(O)c(-c2nc(-c3ccc4c(c3)oc3ccccc34)nc(-c3cccc4sc5c(-n6c7ccccc7c7cc(-c8cccc9c8sc8ccccc89)ccc76)cccc5c34)n2)c(O)c1O. The molecule has 0 fully saturated rings. The highest BCUT2D eigenvalue weighted by Gasteiger charge is 2.28. The first-order valence-corrected chi connectivity index (χ1v) is 23.7. The van der Waals surface area contributed by atoms with Crippen molar-refractivity contribution in [3.8, 4) is 79.7 Å². The third-order valence-corrected chi connectivity index (χ3v) is 15.7. The first-order chi connectivity index (χ1) is 33.8. The van der Waals surface area contributed by atoms with E-state index in [1.54, 1.807) is 11.3 Å². The molecule has 0 aliphatic rings. The summed E-state index contributed by atoms with van der Waals surface area (Å²) in [5.41, 5.74) is 7.50. The van der Waals surface area contributed by atoms with E-state index < -0.39 is 34.3 Å². The Morgan fingerprint density at radius 3 is 1.87 bits per heavy atom. The zero-order valence-electron chi connectivity index (χ0n) is 35.8. The van der Waals surface area contributed by atoms with Crippen LogP contribution in [0.25, 0.3) is 135 Å². The lowest BCUT2D eigenvalue weighted by atomic mass is 10.0. The number of hydrogen-bond acceptors (Lipinski definition) is 11. The van der Waals surface area contributed by atoms with E-state index in [0.717, 1.165) is 64.0 Å². The van der Waals surface area contributed by atoms with Crippen molar-refractivity contribution in [1.82, 2.24) is 19.5 Å². The Bertz CT molecular complexity index is 4500. The van der Waals surface area contributed by atoms with Crippen LogP contribution in [0.3, 0.4) is 0 Å². The second-order valence-electron chi connectivity index (χ2n) is 17.0. The van der Waals surface area contributed by atoms with Crippen LogP contribution in [0.5, 0.6) is 28.7 Å². The third-order valence-electron chi connectivity index (χ3n) is 13.2. The van der Waals surface area contributed by atoms with Gasteiger partial charge in [-0.15, -0.1) is 22.7 Å². The summed E-state index contributed by atoms with van der Waals surface area (Å²) in [7, 11) is 0. The monoisotopic (exact) mass is 932 g/mol. The molecule has 5 N–H and O–H groups in total. The number of phenolic OH excluding ortho intramolecular Hbond substituents is 5. The summed E-state index contributed by atoms with van der Waals surface area (Å²) in [4.78, 5) is 14.5. The molecule has 0 spiro atoms. The molecule has 12 heteroatoms. The van der Waals surface area contributed by atoms with Crippen molar-refractivity contribution in [2.24, 2.45) is 0 Å². The van der Waals surface area contributed by atoms with Crippen molar-refractivity contribution in [3.63, 3.8) is 0 Å². The third kappa shape index (κ3) is 5.67.